The fourth-order valence-electron chi connectivity index (χ4n) is 4.86. The number of ketones is 1. The zero-order chi connectivity index (χ0) is 23.0. The van der Waals surface area contributed by atoms with Crippen molar-refractivity contribution in [1.29, 1.82) is 0 Å². The lowest BCUT2D eigenvalue weighted by Crippen LogP contribution is -2.30. The maximum atomic E-state index is 12.7. The number of allylic oxidation sites excluding steroid dienone is 1. The first-order chi connectivity index (χ1) is 16.1. The first-order valence-corrected chi connectivity index (χ1v) is 12.3. The molecule has 1 N–H and O–H groups in total. The lowest BCUT2D eigenvalue weighted by Gasteiger charge is -2.29. The predicted octanol–water partition coefficient (Wildman–Crippen LogP) is 5.27. The van der Waals surface area contributed by atoms with Gasteiger partial charge in [-0.1, -0.05) is 18.9 Å². The van der Waals surface area contributed by atoms with Crippen molar-refractivity contribution in [3.63, 3.8) is 0 Å². The van der Waals surface area contributed by atoms with E-state index in [1.807, 2.05) is 18.2 Å². The Morgan fingerprint density at radius 2 is 1.39 bits per heavy atom. The highest BCUT2D eigenvalue weighted by Crippen LogP contribution is 2.29. The molecule has 2 fully saturated rings. The van der Waals surface area contributed by atoms with Gasteiger partial charge >= 0.3 is 0 Å². The van der Waals surface area contributed by atoms with E-state index in [1.165, 1.54) is 38.5 Å². The Morgan fingerprint density at radius 1 is 0.879 bits per heavy atom. The average molecular weight is 449 g/mol. The molecular formula is C28H36N2O3. The highest BCUT2D eigenvalue weighted by Gasteiger charge is 2.18. The molecule has 4 rings (SSSR count). The Hall–Kier alpha value is -2.63. The van der Waals surface area contributed by atoms with Gasteiger partial charge in [-0.25, -0.2) is 0 Å². The number of hydrogen-bond acceptors (Lipinski definition) is 5. The molecule has 5 heteroatoms. The summed E-state index contributed by atoms with van der Waals surface area (Å²) in [6.07, 6.45) is 11.0. The number of ether oxygens (including phenoxy) is 1. The number of aromatic hydroxyl groups is 1. The van der Waals surface area contributed by atoms with Crippen LogP contribution in [0.5, 0.6) is 11.5 Å². The van der Waals surface area contributed by atoms with Crippen molar-refractivity contribution in [2.45, 2.75) is 51.6 Å². The zero-order valence-corrected chi connectivity index (χ0v) is 19.8. The van der Waals surface area contributed by atoms with Gasteiger partial charge in [-0.2, -0.15) is 0 Å². The van der Waals surface area contributed by atoms with Gasteiger partial charge in [-0.05, 0) is 99.9 Å². The van der Waals surface area contributed by atoms with E-state index in [0.717, 1.165) is 61.7 Å². The van der Waals surface area contributed by atoms with Gasteiger partial charge in [0.25, 0.3) is 0 Å². The molecule has 0 saturated carbocycles. The first kappa shape index (κ1) is 23.5. The third-order valence-electron chi connectivity index (χ3n) is 6.78. The SMILES string of the molecule is COc1ccc(C(=O)C=Cc2cc(CN3CCCCC3)c(O)c(CN3CCCCC3)c2)cc1. The van der Waals surface area contributed by atoms with E-state index in [-0.39, 0.29) is 5.78 Å². The van der Waals surface area contributed by atoms with Gasteiger partial charge in [-0.3, -0.25) is 14.6 Å². The summed E-state index contributed by atoms with van der Waals surface area (Å²) in [5.41, 5.74) is 3.52. The molecule has 33 heavy (non-hydrogen) atoms. The van der Waals surface area contributed by atoms with Crippen molar-refractivity contribution < 1.29 is 14.6 Å². The average Bonchev–Trinajstić information content (AvgIpc) is 2.86. The van der Waals surface area contributed by atoms with Gasteiger partial charge in [-0.15, -0.1) is 0 Å². The van der Waals surface area contributed by atoms with Crippen LogP contribution in [0.25, 0.3) is 6.08 Å². The van der Waals surface area contributed by atoms with Crippen LogP contribution < -0.4 is 4.74 Å². The summed E-state index contributed by atoms with van der Waals surface area (Å²) < 4.78 is 5.18. The lowest BCUT2D eigenvalue weighted by atomic mass is 10.00. The summed E-state index contributed by atoms with van der Waals surface area (Å²) in [6.45, 7) is 5.83. The van der Waals surface area contributed by atoms with Crippen molar-refractivity contribution in [2.75, 3.05) is 33.3 Å². The predicted molar refractivity (Wildman–Crippen MR) is 133 cm³/mol. The fraction of sp³-hybridized carbons (Fsp3) is 0.464. The molecule has 0 atom stereocenters. The molecule has 2 aromatic rings. The number of carbonyl (C=O) groups is 1. The molecule has 2 aliphatic heterocycles. The minimum absolute atomic E-state index is 0.0408. The molecule has 0 amide bonds. The van der Waals surface area contributed by atoms with Gasteiger partial charge in [0, 0.05) is 29.8 Å². The zero-order valence-electron chi connectivity index (χ0n) is 19.8. The highest BCUT2D eigenvalue weighted by molar-refractivity contribution is 6.06. The van der Waals surface area contributed by atoms with Crippen LogP contribution in [0, 0.1) is 0 Å². The van der Waals surface area contributed by atoms with E-state index in [0.29, 0.717) is 11.3 Å². The van der Waals surface area contributed by atoms with Crippen LogP contribution in [-0.2, 0) is 13.1 Å². The van der Waals surface area contributed by atoms with E-state index < -0.39 is 0 Å². The van der Waals surface area contributed by atoms with Crippen molar-refractivity contribution >= 4 is 11.9 Å². The van der Waals surface area contributed by atoms with Crippen LogP contribution in [0.2, 0.25) is 0 Å². The molecule has 2 saturated heterocycles. The number of piperidine rings is 2. The molecule has 2 aromatic carbocycles. The number of phenols is 1. The summed E-state index contributed by atoms with van der Waals surface area (Å²) in [4.78, 5) is 17.6. The van der Waals surface area contributed by atoms with Crippen molar-refractivity contribution in [2.24, 2.45) is 0 Å². The van der Waals surface area contributed by atoms with Crippen LogP contribution >= 0.6 is 0 Å². The number of phenolic OH excluding ortho intramolecular Hbond substituents is 1. The van der Waals surface area contributed by atoms with Gasteiger partial charge in [0.1, 0.15) is 11.5 Å². The minimum Gasteiger partial charge on any atom is -0.507 e. The molecule has 2 aliphatic rings. The third-order valence-corrected chi connectivity index (χ3v) is 6.78. The van der Waals surface area contributed by atoms with Crippen LogP contribution in [0.15, 0.2) is 42.5 Å². The third kappa shape index (κ3) is 6.46. The number of nitrogens with zero attached hydrogens (tertiary/aromatic N) is 2. The number of rotatable bonds is 8. The summed E-state index contributed by atoms with van der Waals surface area (Å²) in [5, 5.41) is 11.1. The van der Waals surface area contributed by atoms with Crippen LogP contribution in [-0.4, -0.2) is 54.0 Å². The highest BCUT2D eigenvalue weighted by atomic mass is 16.5. The van der Waals surface area contributed by atoms with Gasteiger partial charge < -0.3 is 9.84 Å². The van der Waals surface area contributed by atoms with Crippen LogP contribution in [0.1, 0.15) is 65.6 Å². The van der Waals surface area contributed by atoms with E-state index >= 15 is 0 Å². The normalized spacial score (nSPS) is 18.0. The second-order valence-electron chi connectivity index (χ2n) is 9.29. The molecule has 5 nitrogen and oxygen atoms in total. The molecule has 0 spiro atoms. The quantitative estimate of drug-likeness (QED) is 0.440. The second-order valence-corrected chi connectivity index (χ2v) is 9.29. The number of carbonyl (C=O) groups excluding carboxylic acids is 1. The number of likely N-dealkylation sites (tertiary alicyclic amines) is 2. The monoisotopic (exact) mass is 448 g/mol. The van der Waals surface area contributed by atoms with Crippen molar-refractivity contribution in [3.05, 3.63) is 64.7 Å². The molecule has 0 radical (unpaired) electrons. The molecule has 2 heterocycles. The number of methoxy groups -OCH3 is 1. The summed E-state index contributed by atoms with van der Waals surface area (Å²) in [7, 11) is 1.62. The Balaban J connectivity index is 1.56. The van der Waals surface area contributed by atoms with E-state index in [4.69, 9.17) is 4.74 Å². The summed E-state index contributed by atoms with van der Waals surface area (Å²) in [5.74, 6) is 1.12. The lowest BCUT2D eigenvalue weighted by molar-refractivity contribution is 0.104. The first-order valence-electron chi connectivity index (χ1n) is 12.3. The fourth-order valence-corrected chi connectivity index (χ4v) is 4.86. The Bertz CT molecular complexity index is 915. The molecule has 0 unspecified atom stereocenters. The second kappa shape index (κ2) is 11.5. The van der Waals surface area contributed by atoms with Gasteiger partial charge in [0.05, 0.1) is 7.11 Å². The Labute approximate surface area is 197 Å². The standard InChI is InChI=1S/C28H36N2O3/c1-33-26-11-9-23(10-12-26)27(31)13-8-22-18-24(20-29-14-4-2-5-15-29)28(32)25(19-22)21-30-16-6-3-7-17-30/h8-13,18-19,32H,2-7,14-17,20-21H2,1H3. The molecule has 0 aliphatic carbocycles. The van der Waals surface area contributed by atoms with Gasteiger partial charge in [0.15, 0.2) is 5.78 Å². The van der Waals surface area contributed by atoms with Gasteiger partial charge in [0.2, 0.25) is 0 Å². The van der Waals surface area contributed by atoms with E-state index in [2.05, 4.69) is 9.80 Å². The Morgan fingerprint density at radius 3 is 1.88 bits per heavy atom. The maximum Gasteiger partial charge on any atom is 0.185 e. The van der Waals surface area contributed by atoms with Crippen LogP contribution in [0.4, 0.5) is 0 Å². The molecule has 0 aromatic heterocycles. The molecule has 176 valence electrons. The van der Waals surface area contributed by atoms with E-state index in [9.17, 15) is 9.90 Å². The molecular weight excluding hydrogens is 412 g/mol. The van der Waals surface area contributed by atoms with Crippen molar-refractivity contribution in [1.82, 2.24) is 9.80 Å². The topological polar surface area (TPSA) is 53.0 Å². The van der Waals surface area contributed by atoms with Crippen LogP contribution in [0.3, 0.4) is 0 Å². The number of hydrogen-bond donors (Lipinski definition) is 1. The smallest absolute Gasteiger partial charge is 0.185 e. The summed E-state index contributed by atoms with van der Waals surface area (Å²) in [6, 6.07) is 11.3. The minimum atomic E-state index is -0.0408. The Kier molecular flexibility index (Phi) is 8.19. The number of benzene rings is 2. The molecule has 0 bridgehead atoms. The maximum absolute atomic E-state index is 12.7. The summed E-state index contributed by atoms with van der Waals surface area (Å²) >= 11 is 0. The van der Waals surface area contributed by atoms with Crippen molar-refractivity contribution in [3.8, 4) is 11.5 Å². The van der Waals surface area contributed by atoms with E-state index in [1.54, 1.807) is 37.5 Å². The largest absolute Gasteiger partial charge is 0.507 e.